The summed E-state index contributed by atoms with van der Waals surface area (Å²) in [6.45, 7) is 8.41. The molecule has 1 aromatic rings. The molecule has 0 bridgehead atoms. The van der Waals surface area contributed by atoms with Gasteiger partial charge in [-0.1, -0.05) is 0 Å². The molecule has 92 valence electrons. The average molecular weight is 233 g/mol. The molecule has 0 spiro atoms. The molecule has 0 fully saturated rings. The van der Waals surface area contributed by atoms with Crippen molar-refractivity contribution in [3.05, 3.63) is 22.9 Å². The summed E-state index contributed by atoms with van der Waals surface area (Å²) >= 11 is 0. The van der Waals surface area contributed by atoms with E-state index in [1.165, 1.54) is 0 Å². The van der Waals surface area contributed by atoms with Crippen molar-refractivity contribution in [3.8, 4) is 6.07 Å². The maximum atomic E-state index is 9.21. The van der Waals surface area contributed by atoms with Crippen LogP contribution in [0.25, 0.3) is 0 Å². The quantitative estimate of drug-likeness (QED) is 0.861. The maximum Gasteiger partial charge on any atom is 0.147 e. The summed E-state index contributed by atoms with van der Waals surface area (Å²) in [4.78, 5) is 6.39. The van der Waals surface area contributed by atoms with Crippen LogP contribution in [0.3, 0.4) is 0 Å². The molecule has 1 aromatic heterocycles. The summed E-state index contributed by atoms with van der Waals surface area (Å²) in [6.07, 6.45) is 0. The van der Waals surface area contributed by atoms with Crippen molar-refractivity contribution < 1.29 is 5.11 Å². The third-order valence-electron chi connectivity index (χ3n) is 2.67. The lowest BCUT2D eigenvalue weighted by Gasteiger charge is -2.28. The Hall–Kier alpha value is -1.60. The molecule has 1 heterocycles. The van der Waals surface area contributed by atoms with Crippen LogP contribution >= 0.6 is 0 Å². The summed E-state index contributed by atoms with van der Waals surface area (Å²) in [5.41, 5.74) is 2.41. The van der Waals surface area contributed by atoms with Crippen molar-refractivity contribution in [1.82, 2.24) is 4.98 Å². The second kappa shape index (κ2) is 5.65. The van der Waals surface area contributed by atoms with Crippen LogP contribution in [0.2, 0.25) is 0 Å². The van der Waals surface area contributed by atoms with Gasteiger partial charge in [-0.25, -0.2) is 4.98 Å². The van der Waals surface area contributed by atoms with E-state index in [4.69, 9.17) is 5.11 Å². The first kappa shape index (κ1) is 13.5. The molecule has 0 aromatic carbocycles. The Balaban J connectivity index is 3.31. The van der Waals surface area contributed by atoms with Gasteiger partial charge in [0, 0.05) is 18.3 Å². The molecule has 1 N–H and O–H groups in total. The summed E-state index contributed by atoms with van der Waals surface area (Å²) < 4.78 is 0. The Morgan fingerprint density at radius 2 is 2.12 bits per heavy atom. The minimum absolute atomic E-state index is 0.0533. The number of aliphatic hydroxyl groups excluding tert-OH is 1. The van der Waals surface area contributed by atoms with Gasteiger partial charge in [0.05, 0.1) is 12.2 Å². The topological polar surface area (TPSA) is 60.2 Å². The van der Waals surface area contributed by atoms with Crippen LogP contribution in [0, 0.1) is 25.2 Å². The number of nitrogens with zero attached hydrogens (tertiary/aromatic N) is 3. The molecule has 1 rings (SSSR count). The number of hydrogen-bond donors (Lipinski definition) is 1. The highest BCUT2D eigenvalue weighted by atomic mass is 16.3. The highest BCUT2D eigenvalue weighted by Gasteiger charge is 2.17. The first-order valence-corrected chi connectivity index (χ1v) is 5.77. The lowest BCUT2D eigenvalue weighted by molar-refractivity contribution is 0.298. The van der Waals surface area contributed by atoms with Gasteiger partial charge in [-0.3, -0.25) is 0 Å². The highest BCUT2D eigenvalue weighted by Crippen LogP contribution is 2.23. The van der Waals surface area contributed by atoms with E-state index in [0.29, 0.717) is 17.9 Å². The molecule has 0 saturated carbocycles. The van der Waals surface area contributed by atoms with Gasteiger partial charge in [-0.05, 0) is 39.3 Å². The van der Waals surface area contributed by atoms with E-state index in [-0.39, 0.29) is 12.6 Å². The van der Waals surface area contributed by atoms with Crippen LogP contribution in [-0.4, -0.2) is 29.3 Å². The van der Waals surface area contributed by atoms with Crippen molar-refractivity contribution in [3.63, 3.8) is 0 Å². The molecule has 4 nitrogen and oxygen atoms in total. The van der Waals surface area contributed by atoms with E-state index >= 15 is 0 Å². The summed E-state index contributed by atoms with van der Waals surface area (Å²) in [7, 11) is 0. The van der Waals surface area contributed by atoms with E-state index in [9.17, 15) is 5.26 Å². The molecule has 17 heavy (non-hydrogen) atoms. The van der Waals surface area contributed by atoms with Crippen molar-refractivity contribution in [2.45, 2.75) is 33.7 Å². The van der Waals surface area contributed by atoms with Crippen molar-refractivity contribution in [2.75, 3.05) is 18.1 Å². The molecule has 4 heteroatoms. The number of aliphatic hydroxyl groups is 1. The van der Waals surface area contributed by atoms with Crippen LogP contribution in [0.4, 0.5) is 5.82 Å². The first-order chi connectivity index (χ1) is 8.01. The second-order valence-corrected chi connectivity index (χ2v) is 4.40. The van der Waals surface area contributed by atoms with Crippen molar-refractivity contribution in [1.29, 1.82) is 5.26 Å². The molecule has 0 unspecified atom stereocenters. The van der Waals surface area contributed by atoms with Crippen LogP contribution in [0.15, 0.2) is 6.07 Å². The molecule has 0 saturated heterocycles. The minimum atomic E-state index is 0.0533. The molecular formula is C13H19N3O. The summed E-state index contributed by atoms with van der Waals surface area (Å²) in [6, 6.07) is 4.30. The van der Waals surface area contributed by atoms with Gasteiger partial charge in [0.25, 0.3) is 0 Å². The van der Waals surface area contributed by atoms with E-state index in [1.807, 2.05) is 38.7 Å². The number of hydrogen-bond acceptors (Lipinski definition) is 4. The van der Waals surface area contributed by atoms with Crippen LogP contribution in [-0.2, 0) is 0 Å². The molecular weight excluding hydrogens is 214 g/mol. The van der Waals surface area contributed by atoms with Crippen molar-refractivity contribution in [2.24, 2.45) is 0 Å². The summed E-state index contributed by atoms with van der Waals surface area (Å²) in [5, 5.41) is 18.3. The number of nitriles is 1. The highest BCUT2D eigenvalue weighted by molar-refractivity contribution is 5.58. The maximum absolute atomic E-state index is 9.21. The zero-order valence-corrected chi connectivity index (χ0v) is 10.9. The fraction of sp³-hybridized carbons (Fsp3) is 0.538. The number of rotatable bonds is 4. The zero-order chi connectivity index (χ0) is 13.0. The van der Waals surface area contributed by atoms with Gasteiger partial charge in [-0.2, -0.15) is 5.26 Å². The SMILES string of the molecule is Cc1cc(C)c(C#N)c(N(CCO)C(C)C)n1. The molecule has 0 aliphatic carbocycles. The Bertz CT molecular complexity index is 435. The predicted octanol–water partition coefficient (Wildman–Crippen LogP) is 1.78. The third kappa shape index (κ3) is 2.95. The smallest absolute Gasteiger partial charge is 0.147 e. The lowest BCUT2D eigenvalue weighted by atomic mass is 10.1. The third-order valence-corrected chi connectivity index (χ3v) is 2.67. The Morgan fingerprint density at radius 3 is 2.59 bits per heavy atom. The Kier molecular flexibility index (Phi) is 4.47. The van der Waals surface area contributed by atoms with Crippen LogP contribution in [0.1, 0.15) is 30.7 Å². The standard InChI is InChI=1S/C13H19N3O/c1-9(2)16(5-6-17)13-12(8-14)10(3)7-11(4)15-13/h7,9,17H,5-6H2,1-4H3. The molecule has 0 radical (unpaired) electrons. The van der Waals surface area contributed by atoms with Gasteiger partial charge < -0.3 is 10.0 Å². The molecule has 0 amide bonds. The van der Waals surface area contributed by atoms with Gasteiger partial charge in [0.15, 0.2) is 0 Å². The average Bonchev–Trinajstić information content (AvgIpc) is 2.24. The Labute approximate surface area is 103 Å². The Morgan fingerprint density at radius 1 is 1.47 bits per heavy atom. The monoisotopic (exact) mass is 233 g/mol. The van der Waals surface area contributed by atoms with E-state index in [2.05, 4.69) is 11.1 Å². The first-order valence-electron chi connectivity index (χ1n) is 5.77. The van der Waals surface area contributed by atoms with E-state index < -0.39 is 0 Å². The number of aromatic nitrogens is 1. The van der Waals surface area contributed by atoms with Gasteiger partial charge in [0.2, 0.25) is 0 Å². The zero-order valence-electron chi connectivity index (χ0n) is 10.9. The van der Waals surface area contributed by atoms with Crippen LogP contribution < -0.4 is 4.90 Å². The second-order valence-electron chi connectivity index (χ2n) is 4.40. The molecule has 0 atom stereocenters. The van der Waals surface area contributed by atoms with Gasteiger partial charge >= 0.3 is 0 Å². The molecule has 0 aliphatic heterocycles. The lowest BCUT2D eigenvalue weighted by Crippen LogP contribution is -2.35. The fourth-order valence-electron chi connectivity index (χ4n) is 1.88. The van der Waals surface area contributed by atoms with E-state index in [1.54, 1.807) is 0 Å². The van der Waals surface area contributed by atoms with E-state index in [0.717, 1.165) is 11.3 Å². The number of pyridine rings is 1. The number of anilines is 1. The normalized spacial score (nSPS) is 10.4. The van der Waals surface area contributed by atoms with Gasteiger partial charge in [-0.15, -0.1) is 0 Å². The van der Waals surface area contributed by atoms with Crippen LogP contribution in [0.5, 0.6) is 0 Å². The fourth-order valence-corrected chi connectivity index (χ4v) is 1.88. The minimum Gasteiger partial charge on any atom is -0.395 e. The van der Waals surface area contributed by atoms with Crippen molar-refractivity contribution >= 4 is 5.82 Å². The largest absolute Gasteiger partial charge is 0.395 e. The molecule has 0 aliphatic rings. The predicted molar refractivity (Wildman–Crippen MR) is 68.0 cm³/mol. The number of aryl methyl sites for hydroxylation is 2. The van der Waals surface area contributed by atoms with Gasteiger partial charge in [0.1, 0.15) is 11.9 Å². The summed E-state index contributed by atoms with van der Waals surface area (Å²) in [5.74, 6) is 0.675.